The fourth-order valence-corrected chi connectivity index (χ4v) is 2.43. The molecule has 21 heavy (non-hydrogen) atoms. The summed E-state index contributed by atoms with van der Waals surface area (Å²) >= 11 is 0. The first-order valence-corrected chi connectivity index (χ1v) is 7.38. The molecule has 0 bridgehead atoms. The van der Waals surface area contributed by atoms with E-state index in [0.29, 0.717) is 0 Å². The van der Waals surface area contributed by atoms with Crippen LogP contribution in [0.25, 0.3) is 10.9 Å². The summed E-state index contributed by atoms with van der Waals surface area (Å²) < 4.78 is 0. The van der Waals surface area contributed by atoms with E-state index in [9.17, 15) is 0 Å². The lowest BCUT2D eigenvalue weighted by atomic mass is 10.1. The second-order valence-electron chi connectivity index (χ2n) is 5.09. The van der Waals surface area contributed by atoms with Gasteiger partial charge in [-0.2, -0.15) is 0 Å². The van der Waals surface area contributed by atoms with Crippen LogP contribution < -0.4 is 5.32 Å². The number of hydrogen-bond acceptors (Lipinski definition) is 3. The highest BCUT2D eigenvalue weighted by Crippen LogP contribution is 2.20. The van der Waals surface area contributed by atoms with E-state index in [0.717, 1.165) is 36.1 Å². The number of aromatic nitrogens is 2. The molecule has 2 aromatic carbocycles. The quantitative estimate of drug-likeness (QED) is 0.770. The van der Waals surface area contributed by atoms with E-state index in [-0.39, 0.29) is 0 Å². The predicted molar refractivity (Wildman–Crippen MR) is 87.6 cm³/mol. The molecule has 0 saturated carbocycles. The first kappa shape index (κ1) is 13.6. The van der Waals surface area contributed by atoms with Gasteiger partial charge in [0.1, 0.15) is 12.1 Å². The maximum atomic E-state index is 4.39. The number of benzene rings is 2. The van der Waals surface area contributed by atoms with Gasteiger partial charge >= 0.3 is 0 Å². The van der Waals surface area contributed by atoms with Gasteiger partial charge in [0.15, 0.2) is 0 Å². The van der Waals surface area contributed by atoms with Crippen molar-refractivity contribution < 1.29 is 0 Å². The molecule has 0 aliphatic carbocycles. The van der Waals surface area contributed by atoms with E-state index >= 15 is 0 Å². The summed E-state index contributed by atoms with van der Waals surface area (Å²) in [6.07, 6.45) is 3.63. The first-order chi connectivity index (χ1) is 10.4. The zero-order chi connectivity index (χ0) is 14.5. The minimum atomic E-state index is 0.868. The van der Waals surface area contributed by atoms with Crippen LogP contribution in [-0.4, -0.2) is 16.5 Å². The van der Waals surface area contributed by atoms with Gasteiger partial charge in [-0.3, -0.25) is 0 Å². The lowest BCUT2D eigenvalue weighted by Gasteiger charge is -2.09. The predicted octanol–water partition coefficient (Wildman–Crippen LogP) is 3.85. The van der Waals surface area contributed by atoms with Crippen LogP contribution >= 0.6 is 0 Å². The maximum Gasteiger partial charge on any atom is 0.137 e. The van der Waals surface area contributed by atoms with Gasteiger partial charge in [0.2, 0.25) is 0 Å². The van der Waals surface area contributed by atoms with Crippen LogP contribution in [0.2, 0.25) is 0 Å². The van der Waals surface area contributed by atoms with Gasteiger partial charge in [-0.05, 0) is 36.1 Å². The molecule has 3 heteroatoms. The number of nitrogens with zero attached hydrogens (tertiary/aromatic N) is 2. The van der Waals surface area contributed by atoms with Crippen molar-refractivity contribution in [2.45, 2.75) is 19.8 Å². The summed E-state index contributed by atoms with van der Waals surface area (Å²) in [5.41, 5.74) is 3.63. The van der Waals surface area contributed by atoms with E-state index in [4.69, 9.17) is 0 Å². The highest BCUT2D eigenvalue weighted by molar-refractivity contribution is 5.89. The van der Waals surface area contributed by atoms with Crippen molar-refractivity contribution in [1.29, 1.82) is 0 Å². The molecule has 106 valence electrons. The third-order valence-corrected chi connectivity index (χ3v) is 3.66. The Kier molecular flexibility index (Phi) is 4.10. The van der Waals surface area contributed by atoms with Crippen LogP contribution in [0.15, 0.2) is 54.9 Å². The van der Waals surface area contributed by atoms with Gasteiger partial charge in [0, 0.05) is 11.9 Å². The molecule has 0 fully saturated rings. The van der Waals surface area contributed by atoms with E-state index in [1.165, 1.54) is 11.1 Å². The Morgan fingerprint density at radius 1 is 0.952 bits per heavy atom. The Bertz CT molecular complexity index is 723. The molecule has 3 aromatic rings. The smallest absolute Gasteiger partial charge is 0.137 e. The Balaban J connectivity index is 1.77. The lowest BCUT2D eigenvalue weighted by molar-refractivity contribution is 1.01. The molecule has 1 N–H and O–H groups in total. The number of fused-ring (bicyclic) bond motifs is 1. The molecular formula is C18H19N3. The number of nitrogens with one attached hydrogen (secondary N) is 1. The third kappa shape index (κ3) is 3.19. The summed E-state index contributed by atoms with van der Waals surface area (Å²) in [6, 6.07) is 16.9. The first-order valence-electron chi connectivity index (χ1n) is 7.38. The highest BCUT2D eigenvalue weighted by atomic mass is 15.0. The average molecular weight is 277 g/mol. The Morgan fingerprint density at radius 3 is 2.62 bits per heavy atom. The zero-order valence-corrected chi connectivity index (χ0v) is 12.2. The summed E-state index contributed by atoms with van der Waals surface area (Å²) in [7, 11) is 0. The fourth-order valence-electron chi connectivity index (χ4n) is 2.43. The molecule has 3 rings (SSSR count). The molecule has 0 radical (unpaired) electrons. The van der Waals surface area contributed by atoms with Gasteiger partial charge in [0.05, 0.1) is 5.52 Å². The Labute approximate surface area is 125 Å². The third-order valence-electron chi connectivity index (χ3n) is 3.66. The van der Waals surface area contributed by atoms with E-state index < -0.39 is 0 Å². The van der Waals surface area contributed by atoms with Gasteiger partial charge in [0.25, 0.3) is 0 Å². The second kappa shape index (κ2) is 6.35. The highest BCUT2D eigenvalue weighted by Gasteiger charge is 2.04. The molecule has 0 aliphatic rings. The van der Waals surface area contributed by atoms with Crippen LogP contribution in [-0.2, 0) is 12.8 Å². The van der Waals surface area contributed by atoms with Gasteiger partial charge in [-0.25, -0.2) is 9.97 Å². The summed E-state index contributed by atoms with van der Waals surface area (Å²) in [5.74, 6) is 0.922. The Morgan fingerprint density at radius 2 is 1.81 bits per heavy atom. The van der Waals surface area contributed by atoms with Crippen LogP contribution in [0.4, 0.5) is 5.82 Å². The molecule has 1 heterocycles. The van der Waals surface area contributed by atoms with E-state index in [1.54, 1.807) is 6.33 Å². The molecule has 0 atom stereocenters. The summed E-state index contributed by atoms with van der Waals surface area (Å²) in [6.45, 7) is 3.03. The van der Waals surface area contributed by atoms with E-state index in [2.05, 4.69) is 64.7 Å². The van der Waals surface area contributed by atoms with Crippen LogP contribution in [0.1, 0.15) is 18.1 Å². The fraction of sp³-hybridized carbons (Fsp3) is 0.222. The molecule has 0 amide bonds. The summed E-state index contributed by atoms with van der Waals surface area (Å²) in [5, 5.41) is 4.54. The minimum Gasteiger partial charge on any atom is -0.369 e. The van der Waals surface area contributed by atoms with Gasteiger partial charge in [-0.15, -0.1) is 0 Å². The van der Waals surface area contributed by atoms with Crippen molar-refractivity contribution in [3.05, 3.63) is 66.0 Å². The Hall–Kier alpha value is -2.42. The van der Waals surface area contributed by atoms with Crippen LogP contribution in [0.3, 0.4) is 0 Å². The van der Waals surface area contributed by atoms with Crippen LogP contribution in [0.5, 0.6) is 0 Å². The minimum absolute atomic E-state index is 0.868. The molecule has 0 spiro atoms. The molecule has 3 nitrogen and oxygen atoms in total. The van der Waals surface area contributed by atoms with Crippen molar-refractivity contribution in [3.63, 3.8) is 0 Å². The molecular weight excluding hydrogens is 258 g/mol. The van der Waals surface area contributed by atoms with Crippen molar-refractivity contribution in [2.24, 2.45) is 0 Å². The molecule has 1 aromatic heterocycles. The van der Waals surface area contributed by atoms with Gasteiger partial charge < -0.3 is 5.32 Å². The largest absolute Gasteiger partial charge is 0.369 e. The number of hydrogen-bond donors (Lipinski definition) is 1. The normalized spacial score (nSPS) is 10.7. The maximum absolute atomic E-state index is 4.39. The van der Waals surface area contributed by atoms with Crippen molar-refractivity contribution >= 4 is 16.7 Å². The van der Waals surface area contributed by atoms with Gasteiger partial charge in [-0.1, -0.05) is 43.3 Å². The van der Waals surface area contributed by atoms with Crippen molar-refractivity contribution in [1.82, 2.24) is 9.97 Å². The van der Waals surface area contributed by atoms with Crippen molar-refractivity contribution in [2.75, 3.05) is 11.9 Å². The number of aryl methyl sites for hydroxylation is 1. The average Bonchev–Trinajstić information content (AvgIpc) is 2.55. The topological polar surface area (TPSA) is 37.8 Å². The standard InChI is InChI=1S/C18H19N3/c1-2-14-8-9-17-16(12-14)18(21-13-20-17)19-11-10-15-6-4-3-5-7-15/h3-9,12-13H,2,10-11H2,1H3,(H,19,20,21). The second-order valence-corrected chi connectivity index (χ2v) is 5.09. The zero-order valence-electron chi connectivity index (χ0n) is 12.2. The summed E-state index contributed by atoms with van der Waals surface area (Å²) in [4.78, 5) is 8.72. The van der Waals surface area contributed by atoms with Crippen molar-refractivity contribution in [3.8, 4) is 0 Å². The number of rotatable bonds is 5. The number of anilines is 1. The molecule has 0 saturated heterocycles. The van der Waals surface area contributed by atoms with E-state index in [1.807, 2.05) is 6.07 Å². The lowest BCUT2D eigenvalue weighted by Crippen LogP contribution is -2.07. The van der Waals surface area contributed by atoms with Crippen LogP contribution in [0, 0.1) is 0 Å². The SMILES string of the molecule is CCc1ccc2ncnc(NCCc3ccccc3)c2c1. The molecule has 0 unspecified atom stereocenters. The molecule has 0 aliphatic heterocycles. The monoisotopic (exact) mass is 277 g/mol.